The van der Waals surface area contributed by atoms with E-state index in [-0.39, 0.29) is 17.9 Å². The van der Waals surface area contributed by atoms with Gasteiger partial charge in [0.2, 0.25) is 11.8 Å². The minimum Gasteiger partial charge on any atom is -0.350 e. The highest BCUT2D eigenvalue weighted by Crippen LogP contribution is 2.50. The van der Waals surface area contributed by atoms with Crippen LogP contribution in [0.15, 0.2) is 72.8 Å². The normalized spacial score (nSPS) is 19.0. The van der Waals surface area contributed by atoms with E-state index in [0.717, 1.165) is 66.6 Å². The summed E-state index contributed by atoms with van der Waals surface area (Å²) >= 11 is 6.17. The van der Waals surface area contributed by atoms with E-state index < -0.39 is 11.5 Å². The molecule has 2 atom stereocenters. The zero-order valence-corrected chi connectivity index (χ0v) is 22.0. The Kier molecular flexibility index (Phi) is 7.63. The second kappa shape index (κ2) is 11.1. The number of nitrogens with one attached hydrogen (secondary N) is 3. The predicted molar refractivity (Wildman–Crippen MR) is 149 cm³/mol. The lowest BCUT2D eigenvalue weighted by molar-refractivity contribution is -0.130. The number of hydrogen-bond acceptors (Lipinski definition) is 3. The Hall–Kier alpha value is -3.15. The summed E-state index contributed by atoms with van der Waals surface area (Å²) in [4.78, 5) is 27.1. The van der Waals surface area contributed by atoms with Gasteiger partial charge in [0.05, 0.1) is 5.41 Å². The number of piperidine rings is 1. The summed E-state index contributed by atoms with van der Waals surface area (Å²) in [6, 6.07) is 23.6. The van der Waals surface area contributed by atoms with Crippen molar-refractivity contribution in [2.75, 3.05) is 13.1 Å². The van der Waals surface area contributed by atoms with E-state index in [4.69, 9.17) is 11.6 Å². The molecule has 3 aromatic carbocycles. The number of halogens is 1. The Morgan fingerprint density at radius 1 is 1.03 bits per heavy atom. The zero-order valence-electron chi connectivity index (χ0n) is 21.2. The number of aryl methyl sites for hydroxylation is 1. The van der Waals surface area contributed by atoms with Crippen LogP contribution in [0.2, 0.25) is 5.02 Å². The number of carbonyl (C=O) groups excluding carboxylic acids is 2. The maximum atomic E-state index is 13.7. The highest BCUT2D eigenvalue weighted by atomic mass is 35.5. The van der Waals surface area contributed by atoms with Gasteiger partial charge in [-0.1, -0.05) is 72.3 Å². The molecule has 1 aliphatic carbocycles. The van der Waals surface area contributed by atoms with Crippen molar-refractivity contribution >= 4 is 23.4 Å². The molecule has 192 valence electrons. The molecule has 0 unspecified atom stereocenters. The third kappa shape index (κ3) is 5.89. The van der Waals surface area contributed by atoms with Crippen LogP contribution in [0.3, 0.4) is 0 Å². The fraction of sp³-hybridized carbons (Fsp3) is 0.355. The Bertz CT molecular complexity index is 1250. The summed E-state index contributed by atoms with van der Waals surface area (Å²) in [5.41, 5.74) is 4.70. The number of carbonyl (C=O) groups is 2. The fourth-order valence-corrected chi connectivity index (χ4v) is 5.62. The van der Waals surface area contributed by atoms with Gasteiger partial charge in [0, 0.05) is 24.0 Å². The first-order valence-corrected chi connectivity index (χ1v) is 13.6. The molecule has 3 N–H and O–H groups in total. The van der Waals surface area contributed by atoms with Gasteiger partial charge in [-0.15, -0.1) is 0 Å². The average molecular weight is 516 g/mol. The van der Waals surface area contributed by atoms with E-state index in [2.05, 4.69) is 40.2 Å². The van der Waals surface area contributed by atoms with Crippen molar-refractivity contribution in [3.8, 4) is 11.1 Å². The summed E-state index contributed by atoms with van der Waals surface area (Å²) in [6.45, 7) is 3.72. The standard InChI is InChI=1S/C31H34ClN3O2/c1-21-18-25(32)13-14-27(21)31(15-16-31)30(37)35-28(29(36)34-26-8-5-17-33-20-26)19-22-9-11-24(12-10-22)23-6-3-2-4-7-23/h2-4,6-7,9-14,18,26,28,33H,5,8,15-17,19-20H2,1H3,(H,34,36)(H,35,37)/t26-,28+/m1/s1. The summed E-state index contributed by atoms with van der Waals surface area (Å²) in [5, 5.41) is 10.3. The molecule has 6 heteroatoms. The van der Waals surface area contributed by atoms with Crippen molar-refractivity contribution in [2.24, 2.45) is 0 Å². The molecule has 5 nitrogen and oxygen atoms in total. The van der Waals surface area contributed by atoms with E-state index in [1.54, 1.807) is 0 Å². The van der Waals surface area contributed by atoms with Gasteiger partial charge in [-0.2, -0.15) is 0 Å². The molecule has 2 aliphatic rings. The molecule has 1 heterocycles. The molecule has 5 rings (SSSR count). The maximum Gasteiger partial charge on any atom is 0.243 e. The fourth-order valence-electron chi connectivity index (χ4n) is 5.39. The predicted octanol–water partition coefficient (Wildman–Crippen LogP) is 4.94. The Morgan fingerprint density at radius 2 is 1.76 bits per heavy atom. The molecule has 1 aliphatic heterocycles. The van der Waals surface area contributed by atoms with E-state index in [0.29, 0.717) is 11.4 Å². The van der Waals surface area contributed by atoms with Gasteiger partial charge < -0.3 is 16.0 Å². The molecule has 0 radical (unpaired) electrons. The molecule has 0 spiro atoms. The van der Waals surface area contributed by atoms with Crippen LogP contribution < -0.4 is 16.0 Å². The largest absolute Gasteiger partial charge is 0.350 e. The monoisotopic (exact) mass is 515 g/mol. The molecule has 2 amide bonds. The number of hydrogen-bond donors (Lipinski definition) is 3. The van der Waals surface area contributed by atoms with Crippen molar-refractivity contribution in [1.82, 2.24) is 16.0 Å². The minimum absolute atomic E-state index is 0.0782. The molecule has 0 bridgehead atoms. The Balaban J connectivity index is 1.35. The molecule has 37 heavy (non-hydrogen) atoms. The Labute approximate surface area is 224 Å². The van der Waals surface area contributed by atoms with Crippen LogP contribution in [0.5, 0.6) is 0 Å². The molecule has 3 aromatic rings. The van der Waals surface area contributed by atoms with E-state index in [9.17, 15) is 9.59 Å². The summed E-state index contributed by atoms with van der Waals surface area (Å²) in [7, 11) is 0. The van der Waals surface area contributed by atoms with Gasteiger partial charge in [0.25, 0.3) is 0 Å². The Morgan fingerprint density at radius 3 is 2.41 bits per heavy atom. The molecule has 2 fully saturated rings. The van der Waals surface area contributed by atoms with Crippen LogP contribution >= 0.6 is 11.6 Å². The maximum absolute atomic E-state index is 13.7. The van der Waals surface area contributed by atoms with E-state index in [1.165, 1.54) is 0 Å². The first-order valence-electron chi connectivity index (χ1n) is 13.2. The van der Waals surface area contributed by atoms with Crippen LogP contribution in [0.4, 0.5) is 0 Å². The highest BCUT2D eigenvalue weighted by Gasteiger charge is 2.52. The minimum atomic E-state index is -0.651. The van der Waals surface area contributed by atoms with Gasteiger partial charge in [-0.05, 0) is 79.1 Å². The van der Waals surface area contributed by atoms with E-state index in [1.807, 2.05) is 55.5 Å². The molecular weight excluding hydrogens is 482 g/mol. The van der Waals surface area contributed by atoms with Crippen molar-refractivity contribution in [3.05, 3.63) is 94.5 Å². The van der Waals surface area contributed by atoms with Crippen molar-refractivity contribution in [2.45, 2.75) is 56.5 Å². The lowest BCUT2D eigenvalue weighted by atomic mass is 9.90. The lowest BCUT2D eigenvalue weighted by Crippen LogP contribution is -2.55. The number of rotatable bonds is 8. The van der Waals surface area contributed by atoms with Gasteiger partial charge in [-0.3, -0.25) is 9.59 Å². The van der Waals surface area contributed by atoms with Gasteiger partial charge in [0.1, 0.15) is 6.04 Å². The smallest absolute Gasteiger partial charge is 0.243 e. The summed E-state index contributed by atoms with van der Waals surface area (Å²) < 4.78 is 0. The van der Waals surface area contributed by atoms with E-state index >= 15 is 0 Å². The zero-order chi connectivity index (χ0) is 25.8. The van der Waals surface area contributed by atoms with Crippen LogP contribution in [-0.4, -0.2) is 37.0 Å². The quantitative estimate of drug-likeness (QED) is 0.398. The van der Waals surface area contributed by atoms with Gasteiger partial charge in [-0.25, -0.2) is 0 Å². The van der Waals surface area contributed by atoms with Gasteiger partial charge in [0.15, 0.2) is 0 Å². The van der Waals surface area contributed by atoms with Gasteiger partial charge >= 0.3 is 0 Å². The molecular formula is C31H34ClN3O2. The second-order valence-electron chi connectivity index (χ2n) is 10.4. The molecule has 0 aromatic heterocycles. The number of amides is 2. The van der Waals surface area contributed by atoms with Crippen LogP contribution in [0.1, 0.15) is 42.4 Å². The van der Waals surface area contributed by atoms with Crippen LogP contribution in [-0.2, 0) is 21.4 Å². The SMILES string of the molecule is Cc1cc(Cl)ccc1C1(C(=O)N[C@@H](Cc2ccc(-c3ccccc3)cc2)C(=O)N[C@@H]2CCCNC2)CC1. The highest BCUT2D eigenvalue weighted by molar-refractivity contribution is 6.30. The van der Waals surface area contributed by atoms with Crippen molar-refractivity contribution in [1.29, 1.82) is 0 Å². The second-order valence-corrected chi connectivity index (χ2v) is 10.8. The first-order chi connectivity index (χ1) is 17.9. The summed E-state index contributed by atoms with van der Waals surface area (Å²) in [6.07, 6.45) is 3.95. The van der Waals surface area contributed by atoms with Crippen molar-refractivity contribution < 1.29 is 9.59 Å². The van der Waals surface area contributed by atoms with Crippen LogP contribution in [0.25, 0.3) is 11.1 Å². The summed E-state index contributed by atoms with van der Waals surface area (Å²) in [5.74, 6) is -0.210. The average Bonchev–Trinajstić information content (AvgIpc) is 3.72. The number of benzene rings is 3. The molecule has 1 saturated heterocycles. The topological polar surface area (TPSA) is 70.2 Å². The third-order valence-electron chi connectivity index (χ3n) is 7.65. The first kappa shape index (κ1) is 25.5. The molecule has 1 saturated carbocycles. The van der Waals surface area contributed by atoms with Crippen molar-refractivity contribution in [3.63, 3.8) is 0 Å². The lowest BCUT2D eigenvalue weighted by Gasteiger charge is -2.28. The third-order valence-corrected chi connectivity index (χ3v) is 7.89. The van der Waals surface area contributed by atoms with Crippen LogP contribution in [0, 0.1) is 6.92 Å².